The predicted molar refractivity (Wildman–Crippen MR) is 109 cm³/mol. The average molecular weight is 434 g/mol. The van der Waals surface area contributed by atoms with Crippen LogP contribution in [0.25, 0.3) is 0 Å². The molecule has 1 amide bonds. The number of aromatic hydroxyl groups is 1. The Morgan fingerprint density at radius 3 is 2.50 bits per heavy atom. The third kappa shape index (κ3) is 5.38. The van der Waals surface area contributed by atoms with Crippen molar-refractivity contribution < 1.29 is 18.7 Å². The second-order valence-corrected chi connectivity index (χ2v) is 8.48. The molecule has 1 aliphatic rings. The van der Waals surface area contributed by atoms with Gasteiger partial charge in [0.15, 0.2) is 11.6 Å². The summed E-state index contributed by atoms with van der Waals surface area (Å²) in [6.07, 6.45) is 2.99. The standard InChI is InChI=1S/C21H27Cl2F2NO2/c1-11(2)14(9-8-12(3)24)20(26-21(28)13-6-4-5-7-13)17-18(23)15(22)10-16(27)19(17)25/h10,12-14,20,27H,1,4-9H2,2-3H3,(H,26,28). The number of carbonyl (C=O) groups is 1. The van der Waals surface area contributed by atoms with Crippen LogP contribution < -0.4 is 5.32 Å². The van der Waals surface area contributed by atoms with Crippen molar-refractivity contribution in [2.45, 2.75) is 64.6 Å². The maximum absolute atomic E-state index is 14.9. The molecule has 28 heavy (non-hydrogen) atoms. The van der Waals surface area contributed by atoms with Crippen LogP contribution in [0.2, 0.25) is 10.0 Å². The van der Waals surface area contributed by atoms with Gasteiger partial charge in [0, 0.05) is 23.5 Å². The maximum Gasteiger partial charge on any atom is 0.223 e. The van der Waals surface area contributed by atoms with Crippen molar-refractivity contribution in [1.29, 1.82) is 0 Å². The van der Waals surface area contributed by atoms with E-state index in [-0.39, 0.29) is 33.9 Å². The summed E-state index contributed by atoms with van der Waals surface area (Å²) < 4.78 is 28.4. The summed E-state index contributed by atoms with van der Waals surface area (Å²) in [4.78, 5) is 12.8. The first-order valence-electron chi connectivity index (χ1n) is 9.59. The fourth-order valence-electron chi connectivity index (χ4n) is 3.82. The SMILES string of the molecule is C=C(C)C(CCC(C)F)C(NC(=O)C1CCCC1)c1c(F)c(O)cc(Cl)c1Cl. The van der Waals surface area contributed by atoms with E-state index in [2.05, 4.69) is 11.9 Å². The molecule has 1 saturated carbocycles. The summed E-state index contributed by atoms with van der Waals surface area (Å²) in [7, 11) is 0. The third-order valence-corrected chi connectivity index (χ3v) is 6.22. The minimum atomic E-state index is -1.05. The molecule has 156 valence electrons. The van der Waals surface area contributed by atoms with Crippen LogP contribution >= 0.6 is 23.2 Å². The largest absolute Gasteiger partial charge is 0.505 e. The molecular weight excluding hydrogens is 407 g/mol. The van der Waals surface area contributed by atoms with E-state index in [1.165, 1.54) is 6.92 Å². The highest BCUT2D eigenvalue weighted by Crippen LogP contribution is 2.42. The van der Waals surface area contributed by atoms with Crippen molar-refractivity contribution in [1.82, 2.24) is 5.32 Å². The second-order valence-electron chi connectivity index (χ2n) is 7.70. The lowest BCUT2D eigenvalue weighted by atomic mass is 9.83. The molecule has 3 atom stereocenters. The molecule has 0 radical (unpaired) electrons. The number of nitrogens with one attached hydrogen (secondary N) is 1. The van der Waals surface area contributed by atoms with E-state index in [0.29, 0.717) is 12.0 Å². The van der Waals surface area contributed by atoms with E-state index >= 15 is 0 Å². The first kappa shape index (κ1) is 23.0. The van der Waals surface area contributed by atoms with E-state index < -0.39 is 29.7 Å². The number of carbonyl (C=O) groups excluding carboxylic acids is 1. The van der Waals surface area contributed by atoms with Gasteiger partial charge in [0.2, 0.25) is 5.91 Å². The maximum atomic E-state index is 14.9. The summed E-state index contributed by atoms with van der Waals surface area (Å²) in [5.74, 6) is -2.40. The van der Waals surface area contributed by atoms with Gasteiger partial charge in [-0.05, 0) is 39.5 Å². The van der Waals surface area contributed by atoms with Gasteiger partial charge in [-0.15, -0.1) is 0 Å². The zero-order valence-corrected chi connectivity index (χ0v) is 17.7. The van der Waals surface area contributed by atoms with Gasteiger partial charge in [-0.1, -0.05) is 48.2 Å². The van der Waals surface area contributed by atoms with Crippen LogP contribution in [0.5, 0.6) is 5.75 Å². The van der Waals surface area contributed by atoms with E-state index in [1.54, 1.807) is 6.92 Å². The zero-order chi connectivity index (χ0) is 21.0. The second kappa shape index (κ2) is 9.93. The summed E-state index contributed by atoms with van der Waals surface area (Å²) >= 11 is 12.3. The molecule has 0 saturated heterocycles. The molecule has 1 aliphatic carbocycles. The molecule has 0 aromatic heterocycles. The Labute approximate surface area is 175 Å². The summed E-state index contributed by atoms with van der Waals surface area (Å²) in [6, 6.07) is 0.124. The lowest BCUT2D eigenvalue weighted by molar-refractivity contribution is -0.125. The molecule has 1 fully saturated rings. The molecule has 2 N–H and O–H groups in total. The number of hydrogen-bond acceptors (Lipinski definition) is 2. The number of phenolic OH excluding ortho intramolecular Hbond substituents is 1. The number of hydrogen-bond donors (Lipinski definition) is 2. The first-order chi connectivity index (χ1) is 13.1. The molecule has 3 unspecified atom stereocenters. The molecule has 2 rings (SSSR count). The Morgan fingerprint density at radius 1 is 1.36 bits per heavy atom. The number of benzene rings is 1. The molecule has 7 heteroatoms. The monoisotopic (exact) mass is 433 g/mol. The van der Waals surface area contributed by atoms with Gasteiger partial charge in [0.05, 0.1) is 22.3 Å². The van der Waals surface area contributed by atoms with Crippen LogP contribution in [0.1, 0.15) is 64.0 Å². The van der Waals surface area contributed by atoms with E-state index in [1.807, 2.05) is 0 Å². The Balaban J connectivity index is 2.48. The molecule has 1 aromatic rings. The molecule has 0 spiro atoms. The molecule has 0 bridgehead atoms. The Morgan fingerprint density at radius 2 is 1.96 bits per heavy atom. The van der Waals surface area contributed by atoms with Gasteiger partial charge in [-0.3, -0.25) is 4.79 Å². The lowest BCUT2D eigenvalue weighted by Crippen LogP contribution is -2.38. The van der Waals surface area contributed by atoms with Crippen LogP contribution in [-0.2, 0) is 4.79 Å². The van der Waals surface area contributed by atoms with E-state index in [4.69, 9.17) is 23.2 Å². The number of rotatable bonds is 8. The summed E-state index contributed by atoms with van der Waals surface area (Å²) in [6.45, 7) is 7.15. The van der Waals surface area contributed by atoms with Gasteiger partial charge in [-0.2, -0.15) is 0 Å². The zero-order valence-electron chi connectivity index (χ0n) is 16.2. The summed E-state index contributed by atoms with van der Waals surface area (Å²) in [5, 5.41) is 12.7. The molecule has 0 aliphatic heterocycles. The predicted octanol–water partition coefficient (Wildman–Crippen LogP) is 6.52. The number of amides is 1. The van der Waals surface area contributed by atoms with Crippen molar-refractivity contribution in [2.24, 2.45) is 11.8 Å². The topological polar surface area (TPSA) is 49.3 Å². The molecule has 3 nitrogen and oxygen atoms in total. The van der Waals surface area contributed by atoms with Crippen LogP contribution in [0.4, 0.5) is 8.78 Å². The van der Waals surface area contributed by atoms with E-state index in [0.717, 1.165) is 31.7 Å². The van der Waals surface area contributed by atoms with Gasteiger partial charge < -0.3 is 10.4 Å². The molecular formula is C21H27Cl2F2NO2. The van der Waals surface area contributed by atoms with Gasteiger partial charge in [0.25, 0.3) is 0 Å². The van der Waals surface area contributed by atoms with Gasteiger partial charge >= 0.3 is 0 Å². The number of alkyl halides is 1. The fourth-order valence-corrected chi connectivity index (χ4v) is 4.28. The Kier molecular flexibility index (Phi) is 8.14. The Hall–Kier alpha value is -1.33. The van der Waals surface area contributed by atoms with Crippen molar-refractivity contribution in [2.75, 3.05) is 0 Å². The fraction of sp³-hybridized carbons (Fsp3) is 0.571. The Bertz CT molecular complexity index is 707. The number of halogens is 4. The summed E-state index contributed by atoms with van der Waals surface area (Å²) in [5.41, 5.74) is 0.574. The molecule has 1 aromatic carbocycles. The minimum Gasteiger partial charge on any atom is -0.505 e. The average Bonchev–Trinajstić information content (AvgIpc) is 3.14. The van der Waals surface area contributed by atoms with Crippen LogP contribution in [0, 0.1) is 17.7 Å². The van der Waals surface area contributed by atoms with Crippen molar-refractivity contribution in [3.05, 3.63) is 39.6 Å². The normalized spacial score (nSPS) is 17.9. The van der Waals surface area contributed by atoms with Crippen molar-refractivity contribution >= 4 is 29.1 Å². The highest BCUT2D eigenvalue weighted by Gasteiger charge is 2.34. The highest BCUT2D eigenvalue weighted by molar-refractivity contribution is 6.42. The lowest BCUT2D eigenvalue weighted by Gasteiger charge is -2.31. The quantitative estimate of drug-likeness (QED) is 0.362. The van der Waals surface area contributed by atoms with Crippen LogP contribution in [0.3, 0.4) is 0 Å². The van der Waals surface area contributed by atoms with Crippen LogP contribution in [-0.4, -0.2) is 17.2 Å². The smallest absolute Gasteiger partial charge is 0.223 e. The van der Waals surface area contributed by atoms with Crippen molar-refractivity contribution in [3.63, 3.8) is 0 Å². The first-order valence-corrected chi connectivity index (χ1v) is 10.3. The number of phenols is 1. The van der Waals surface area contributed by atoms with Crippen molar-refractivity contribution in [3.8, 4) is 5.75 Å². The third-order valence-electron chi connectivity index (χ3n) is 5.42. The van der Waals surface area contributed by atoms with Gasteiger partial charge in [-0.25, -0.2) is 8.78 Å². The molecule has 0 heterocycles. The van der Waals surface area contributed by atoms with Crippen LogP contribution in [0.15, 0.2) is 18.2 Å². The highest BCUT2D eigenvalue weighted by atomic mass is 35.5. The van der Waals surface area contributed by atoms with Gasteiger partial charge in [0.1, 0.15) is 0 Å². The minimum absolute atomic E-state index is 0.0185. The van der Waals surface area contributed by atoms with E-state index in [9.17, 15) is 18.7 Å².